The van der Waals surface area contributed by atoms with Gasteiger partial charge in [0, 0.05) is 24.2 Å². The minimum atomic E-state index is -1.13. The van der Waals surface area contributed by atoms with Gasteiger partial charge in [-0.1, -0.05) is 35.0 Å². The van der Waals surface area contributed by atoms with E-state index in [1.165, 1.54) is 29.1 Å². The number of allylic oxidation sites excluding steroid dienone is 1. The van der Waals surface area contributed by atoms with Gasteiger partial charge in [-0.15, -0.1) is 5.10 Å². The highest BCUT2D eigenvalue weighted by Gasteiger charge is 2.61. The highest BCUT2D eigenvalue weighted by Crippen LogP contribution is 2.45. The molecule has 4 aliphatic rings. The molecule has 16 nitrogen and oxygen atoms in total. The van der Waals surface area contributed by atoms with Gasteiger partial charge in [-0.2, -0.15) is 0 Å². The number of nitrogens with zero attached hydrogens (tertiary/aromatic N) is 5. The van der Waals surface area contributed by atoms with Gasteiger partial charge in [-0.25, -0.2) is 9.58 Å². The fourth-order valence-electron chi connectivity index (χ4n) is 6.52. The van der Waals surface area contributed by atoms with E-state index >= 15 is 0 Å². The van der Waals surface area contributed by atoms with Crippen molar-refractivity contribution in [3.63, 3.8) is 0 Å². The Morgan fingerprint density at radius 2 is 1.83 bits per heavy atom. The van der Waals surface area contributed by atoms with Crippen LogP contribution in [0, 0.1) is 18.8 Å². The third kappa shape index (κ3) is 5.37. The van der Waals surface area contributed by atoms with Crippen LogP contribution in [0.1, 0.15) is 43.0 Å². The number of aromatic nitrogens is 3. The molecule has 4 aliphatic heterocycles. The molecule has 16 heteroatoms. The summed E-state index contributed by atoms with van der Waals surface area (Å²) in [6.45, 7) is 2.69. The predicted octanol–water partition coefficient (Wildman–Crippen LogP) is -0.952. The number of esters is 1. The van der Waals surface area contributed by atoms with E-state index in [0.717, 1.165) is 10.5 Å². The summed E-state index contributed by atoms with van der Waals surface area (Å²) in [6, 6.07) is 4.92. The maximum Gasteiger partial charge on any atom is 0.325 e. The molecule has 3 saturated heterocycles. The Morgan fingerprint density at radius 1 is 1.11 bits per heavy atom. The molecule has 4 amide bonds. The molecule has 242 valence electrons. The number of methoxy groups -OCH3 is 1. The Labute approximate surface area is 262 Å². The number of anilines is 1. The van der Waals surface area contributed by atoms with Crippen LogP contribution in [0.15, 0.2) is 42.2 Å². The van der Waals surface area contributed by atoms with Crippen molar-refractivity contribution in [3.05, 3.63) is 53.4 Å². The normalized spacial score (nSPS) is 29.3. The number of rotatable bonds is 8. The van der Waals surface area contributed by atoms with Gasteiger partial charge in [0.1, 0.15) is 18.9 Å². The van der Waals surface area contributed by atoms with Crippen LogP contribution in [0.4, 0.5) is 5.82 Å². The monoisotopic (exact) mass is 635 g/mol. The fourth-order valence-corrected chi connectivity index (χ4v) is 6.52. The number of carbonyl (C=O) groups excluding carboxylic acids is 6. The van der Waals surface area contributed by atoms with Crippen LogP contribution < -0.4 is 15.5 Å². The number of fused-ring (bicyclic) bond motifs is 1. The van der Waals surface area contributed by atoms with Crippen molar-refractivity contribution in [3.8, 4) is 0 Å². The van der Waals surface area contributed by atoms with Crippen molar-refractivity contribution in [1.82, 2.24) is 30.5 Å². The zero-order chi connectivity index (χ0) is 32.9. The first-order chi connectivity index (χ1) is 22.0. The molecule has 5 heterocycles. The number of aryl methyl sites for hydroxylation is 1. The van der Waals surface area contributed by atoms with E-state index in [9.17, 15) is 33.9 Å². The molecule has 3 N–H and O–H groups in total. The minimum absolute atomic E-state index is 0.0729. The first-order valence-electron chi connectivity index (χ1n) is 14.8. The Hall–Kier alpha value is -4.80. The quantitative estimate of drug-likeness (QED) is 0.183. The summed E-state index contributed by atoms with van der Waals surface area (Å²) in [6.07, 6.45) is 1.13. The number of aliphatic hydroxyl groups is 1. The fraction of sp³-hybridized carbons (Fsp3) is 0.467. The lowest BCUT2D eigenvalue weighted by atomic mass is 9.86. The second-order valence-corrected chi connectivity index (χ2v) is 11.8. The molecule has 1 aromatic heterocycles. The number of hydrogen-bond donors (Lipinski definition) is 3. The van der Waals surface area contributed by atoms with Gasteiger partial charge in [-0.3, -0.25) is 39.0 Å². The van der Waals surface area contributed by atoms with Gasteiger partial charge in [-0.05, 0) is 19.4 Å². The number of Topliss-reactive ketones (excluding diaryl/α,β-unsaturated/α-hetero) is 1. The van der Waals surface area contributed by atoms with Gasteiger partial charge < -0.3 is 19.9 Å². The summed E-state index contributed by atoms with van der Waals surface area (Å²) in [5.74, 6) is -5.39. The van der Waals surface area contributed by atoms with Crippen LogP contribution in [0.3, 0.4) is 0 Å². The number of imide groups is 1. The third-order valence-electron chi connectivity index (χ3n) is 8.96. The molecule has 7 atom stereocenters. The molecule has 3 fully saturated rings. The lowest BCUT2D eigenvalue weighted by molar-refractivity contribution is -0.144. The molecule has 46 heavy (non-hydrogen) atoms. The van der Waals surface area contributed by atoms with Crippen LogP contribution in [0.5, 0.6) is 0 Å². The van der Waals surface area contributed by atoms with Crippen LogP contribution in [0.2, 0.25) is 0 Å². The average Bonchev–Trinajstić information content (AvgIpc) is 3.82. The highest BCUT2D eigenvalue weighted by molar-refractivity contribution is 6.23. The molecule has 0 bridgehead atoms. The van der Waals surface area contributed by atoms with Crippen LogP contribution in [0.25, 0.3) is 0 Å². The summed E-state index contributed by atoms with van der Waals surface area (Å²) in [5.41, 5.74) is 2.10. The number of aliphatic hydroxyl groups excluding tert-OH is 1. The van der Waals surface area contributed by atoms with Gasteiger partial charge in [0.2, 0.25) is 23.6 Å². The zero-order valence-electron chi connectivity index (χ0n) is 25.3. The van der Waals surface area contributed by atoms with E-state index in [1.54, 1.807) is 6.92 Å². The Bertz CT molecular complexity index is 1640. The van der Waals surface area contributed by atoms with E-state index in [-0.39, 0.29) is 24.4 Å². The van der Waals surface area contributed by atoms with Gasteiger partial charge >= 0.3 is 5.97 Å². The topological polar surface area (TPSA) is 202 Å². The smallest absolute Gasteiger partial charge is 0.325 e. The summed E-state index contributed by atoms with van der Waals surface area (Å²) < 4.78 is 11.9. The van der Waals surface area contributed by atoms with Crippen molar-refractivity contribution in [2.75, 3.05) is 25.2 Å². The number of nitrogens with one attached hydrogen (secondary N) is 2. The molecule has 0 aliphatic carbocycles. The first-order valence-corrected chi connectivity index (χ1v) is 14.8. The molecule has 6 rings (SSSR count). The van der Waals surface area contributed by atoms with Crippen LogP contribution >= 0.6 is 0 Å². The lowest BCUT2D eigenvalue weighted by Gasteiger charge is -2.28. The molecular weight excluding hydrogens is 602 g/mol. The van der Waals surface area contributed by atoms with Crippen LogP contribution in [-0.4, -0.2) is 99.0 Å². The van der Waals surface area contributed by atoms with Crippen LogP contribution in [-0.2, 0) is 38.2 Å². The minimum Gasteiger partial charge on any atom is -0.468 e. The summed E-state index contributed by atoms with van der Waals surface area (Å²) >= 11 is 0. The van der Waals surface area contributed by atoms with Gasteiger partial charge in [0.15, 0.2) is 11.6 Å². The standard InChI is InChI=1S/C30H33N7O9/c1-14-4-6-16(7-5-14)26-24-25(27(32-26)28(42)31-10-23(41)45-3)30(44)37(29(24)43)20-12-36(34-33-20)17-8-22(46-19(17)13-38)35-11-15(2)18(39)9-21(35)40/h4-7,11-12,17,19,22,24-27,32,38H,8-10,13H2,1-3H3,(H,31,42)/t17-,19+,22+,24-,25+,26+,27+/m0/s1. The van der Waals surface area contributed by atoms with E-state index in [0.29, 0.717) is 11.1 Å². The van der Waals surface area contributed by atoms with Crippen molar-refractivity contribution in [2.45, 2.75) is 57.1 Å². The van der Waals surface area contributed by atoms with E-state index in [1.807, 2.05) is 31.2 Å². The lowest BCUT2D eigenvalue weighted by Crippen LogP contribution is -2.49. The average molecular weight is 636 g/mol. The second-order valence-electron chi connectivity index (χ2n) is 11.8. The summed E-state index contributed by atoms with van der Waals surface area (Å²) in [5, 5.41) is 23.9. The number of hydrogen-bond acceptors (Lipinski definition) is 12. The van der Waals surface area contributed by atoms with E-state index in [4.69, 9.17) is 4.74 Å². The maximum absolute atomic E-state index is 14.0. The van der Waals surface area contributed by atoms with Gasteiger partial charge in [0.05, 0.1) is 50.3 Å². The predicted molar refractivity (Wildman–Crippen MR) is 155 cm³/mol. The second kappa shape index (κ2) is 12.2. The number of carbonyl (C=O) groups is 6. The summed E-state index contributed by atoms with van der Waals surface area (Å²) in [7, 11) is 1.18. The van der Waals surface area contributed by atoms with E-state index < -0.39 is 85.0 Å². The zero-order valence-corrected chi connectivity index (χ0v) is 25.3. The molecule has 0 unspecified atom stereocenters. The maximum atomic E-state index is 14.0. The largest absolute Gasteiger partial charge is 0.468 e. The molecule has 0 spiro atoms. The Morgan fingerprint density at radius 3 is 2.52 bits per heavy atom. The van der Waals surface area contributed by atoms with Crippen molar-refractivity contribution in [1.29, 1.82) is 0 Å². The number of ketones is 1. The number of benzene rings is 1. The van der Waals surface area contributed by atoms with Crippen molar-refractivity contribution in [2.24, 2.45) is 11.8 Å². The Kier molecular flexibility index (Phi) is 8.26. The number of ether oxygens (including phenoxy) is 2. The first kappa shape index (κ1) is 31.2. The molecular formula is C30H33N7O9. The highest BCUT2D eigenvalue weighted by atomic mass is 16.5. The third-order valence-corrected chi connectivity index (χ3v) is 8.96. The van der Waals surface area contributed by atoms with Crippen molar-refractivity contribution < 1.29 is 43.3 Å². The van der Waals surface area contributed by atoms with Gasteiger partial charge in [0.25, 0.3) is 0 Å². The molecule has 1 aromatic carbocycles. The van der Waals surface area contributed by atoms with E-state index in [2.05, 4.69) is 25.7 Å². The molecule has 0 radical (unpaired) electrons. The SMILES string of the molecule is COC(=O)CNC(=O)[C@@H]1N[C@H](c2ccc(C)cc2)[C@H]2C(=O)N(c3cn([C@H]4C[C@H](N5C=C(C)C(=O)CC5=O)O[C@@H]4CO)nn3)C(=O)[C@H]21. The summed E-state index contributed by atoms with van der Waals surface area (Å²) in [4.78, 5) is 79.5. The number of amides is 4. The molecule has 0 saturated carbocycles. The van der Waals surface area contributed by atoms with Crippen molar-refractivity contribution >= 4 is 41.2 Å². The Balaban J connectivity index is 1.26. The molecule has 2 aromatic rings.